The average molecular weight is 411 g/mol. The van der Waals surface area contributed by atoms with Crippen LogP contribution >= 0.6 is 31.9 Å². The van der Waals surface area contributed by atoms with Gasteiger partial charge in [-0.25, -0.2) is 9.97 Å². The van der Waals surface area contributed by atoms with Crippen LogP contribution in [0.25, 0.3) is 11.0 Å². The van der Waals surface area contributed by atoms with Gasteiger partial charge in [0.1, 0.15) is 14.8 Å². The van der Waals surface area contributed by atoms with Crippen LogP contribution in [0.1, 0.15) is 16.1 Å². The van der Waals surface area contributed by atoms with Gasteiger partial charge < -0.3 is 9.73 Å². The van der Waals surface area contributed by atoms with E-state index < -0.39 is 0 Å². The predicted molar refractivity (Wildman–Crippen MR) is 86.3 cm³/mol. The summed E-state index contributed by atoms with van der Waals surface area (Å²) in [5.41, 5.74) is 1.78. The highest BCUT2D eigenvalue weighted by Crippen LogP contribution is 2.23. The molecule has 7 heteroatoms. The van der Waals surface area contributed by atoms with Crippen molar-refractivity contribution in [2.45, 2.75) is 6.92 Å². The van der Waals surface area contributed by atoms with E-state index in [1.165, 1.54) is 6.20 Å². The van der Waals surface area contributed by atoms with Crippen molar-refractivity contribution in [2.24, 2.45) is 0 Å². The number of hydrogen-bond donors (Lipinski definition) is 1. The van der Waals surface area contributed by atoms with Gasteiger partial charge in [0.05, 0.1) is 6.20 Å². The molecule has 0 aliphatic carbocycles. The molecule has 2 heterocycles. The summed E-state index contributed by atoms with van der Waals surface area (Å²) in [7, 11) is 0. The molecule has 0 spiro atoms. The van der Waals surface area contributed by atoms with Crippen molar-refractivity contribution in [3.8, 4) is 0 Å². The van der Waals surface area contributed by atoms with Crippen molar-refractivity contribution in [1.82, 2.24) is 9.97 Å². The van der Waals surface area contributed by atoms with Crippen LogP contribution < -0.4 is 5.32 Å². The second-order valence-corrected chi connectivity index (χ2v) is 6.00. The highest BCUT2D eigenvalue weighted by atomic mass is 79.9. The lowest BCUT2D eigenvalue weighted by Gasteiger charge is -2.03. The first-order chi connectivity index (χ1) is 10.0. The SMILES string of the molecule is Cc1ccc2oc(C(=O)Nc3ncc(Br)nc3Br)cc2c1. The van der Waals surface area contributed by atoms with Gasteiger partial charge in [0.2, 0.25) is 0 Å². The Hall–Kier alpha value is -1.73. The Kier molecular flexibility index (Phi) is 3.77. The van der Waals surface area contributed by atoms with E-state index in [0.29, 0.717) is 20.6 Å². The number of aromatic nitrogens is 2. The maximum absolute atomic E-state index is 12.2. The Balaban J connectivity index is 1.89. The maximum Gasteiger partial charge on any atom is 0.292 e. The Labute approximate surface area is 137 Å². The lowest BCUT2D eigenvalue weighted by molar-refractivity contribution is 0.0998. The summed E-state index contributed by atoms with van der Waals surface area (Å²) in [6.07, 6.45) is 1.50. The second-order valence-electron chi connectivity index (χ2n) is 4.44. The van der Waals surface area contributed by atoms with Gasteiger partial charge in [-0.05, 0) is 57.0 Å². The number of fused-ring (bicyclic) bond motifs is 1. The number of aryl methyl sites for hydroxylation is 1. The molecule has 0 aliphatic rings. The molecule has 1 N–H and O–H groups in total. The monoisotopic (exact) mass is 409 g/mol. The van der Waals surface area contributed by atoms with Crippen molar-refractivity contribution in [1.29, 1.82) is 0 Å². The molecule has 0 unspecified atom stereocenters. The number of halogens is 2. The summed E-state index contributed by atoms with van der Waals surface area (Å²) < 4.78 is 6.55. The van der Waals surface area contributed by atoms with Crippen LogP contribution in [0.3, 0.4) is 0 Å². The molecule has 1 aromatic carbocycles. The van der Waals surface area contributed by atoms with E-state index in [4.69, 9.17) is 4.42 Å². The highest BCUT2D eigenvalue weighted by molar-refractivity contribution is 9.11. The van der Waals surface area contributed by atoms with Crippen molar-refractivity contribution < 1.29 is 9.21 Å². The number of amides is 1. The van der Waals surface area contributed by atoms with Crippen LogP contribution in [0.2, 0.25) is 0 Å². The second kappa shape index (κ2) is 5.57. The van der Waals surface area contributed by atoms with Crippen molar-refractivity contribution in [3.05, 3.63) is 51.0 Å². The number of carbonyl (C=O) groups excluding carboxylic acids is 1. The number of benzene rings is 1. The number of carbonyl (C=O) groups is 1. The summed E-state index contributed by atoms with van der Waals surface area (Å²) >= 11 is 6.45. The minimum Gasteiger partial charge on any atom is -0.451 e. The van der Waals surface area contributed by atoms with Crippen LogP contribution in [0, 0.1) is 6.92 Å². The summed E-state index contributed by atoms with van der Waals surface area (Å²) in [4.78, 5) is 20.4. The molecule has 1 amide bonds. The summed E-state index contributed by atoms with van der Waals surface area (Å²) in [5.74, 6) is 0.188. The zero-order valence-corrected chi connectivity index (χ0v) is 14.0. The summed E-state index contributed by atoms with van der Waals surface area (Å²) in [6, 6.07) is 7.45. The molecule has 0 saturated heterocycles. The number of hydrogen-bond acceptors (Lipinski definition) is 4. The van der Waals surface area contributed by atoms with Crippen LogP contribution in [0.5, 0.6) is 0 Å². The Morgan fingerprint density at radius 2 is 2.10 bits per heavy atom. The van der Waals surface area contributed by atoms with E-state index >= 15 is 0 Å². The molecule has 0 bridgehead atoms. The quantitative estimate of drug-likeness (QED) is 0.683. The van der Waals surface area contributed by atoms with Crippen LogP contribution in [0.4, 0.5) is 5.82 Å². The van der Waals surface area contributed by atoms with E-state index in [0.717, 1.165) is 10.9 Å². The third kappa shape index (κ3) is 2.98. The predicted octanol–water partition coefficient (Wildman–Crippen LogP) is 4.31. The fourth-order valence-electron chi connectivity index (χ4n) is 1.87. The van der Waals surface area contributed by atoms with Gasteiger partial charge in [-0.1, -0.05) is 11.6 Å². The van der Waals surface area contributed by atoms with Crippen molar-refractivity contribution in [2.75, 3.05) is 5.32 Å². The number of furan rings is 1. The normalized spacial score (nSPS) is 10.8. The number of rotatable bonds is 2. The third-order valence-corrected chi connectivity index (χ3v) is 3.76. The van der Waals surface area contributed by atoms with E-state index in [9.17, 15) is 4.79 Å². The molecule has 0 radical (unpaired) electrons. The van der Waals surface area contributed by atoms with Gasteiger partial charge in [-0.15, -0.1) is 0 Å². The van der Waals surface area contributed by atoms with Gasteiger partial charge >= 0.3 is 0 Å². The smallest absolute Gasteiger partial charge is 0.292 e. The van der Waals surface area contributed by atoms with Crippen molar-refractivity contribution in [3.63, 3.8) is 0 Å². The first-order valence-corrected chi connectivity index (χ1v) is 7.61. The Morgan fingerprint density at radius 1 is 1.29 bits per heavy atom. The van der Waals surface area contributed by atoms with Gasteiger partial charge in [0.15, 0.2) is 11.6 Å². The van der Waals surface area contributed by atoms with Crippen LogP contribution in [-0.4, -0.2) is 15.9 Å². The standard InChI is InChI=1S/C14H9Br2N3O2/c1-7-2-3-9-8(4-7)5-10(21-9)14(20)19-13-12(16)18-11(15)6-17-13/h2-6H,1H3,(H,17,19,20). The minimum atomic E-state index is -0.374. The van der Waals surface area contributed by atoms with Gasteiger partial charge in [0, 0.05) is 5.39 Å². The van der Waals surface area contributed by atoms with Crippen LogP contribution in [-0.2, 0) is 0 Å². The lowest BCUT2D eigenvalue weighted by atomic mass is 10.2. The maximum atomic E-state index is 12.2. The zero-order chi connectivity index (χ0) is 15.0. The third-order valence-electron chi connectivity index (χ3n) is 2.83. The number of nitrogens with one attached hydrogen (secondary N) is 1. The fraction of sp³-hybridized carbons (Fsp3) is 0.0714. The summed E-state index contributed by atoms with van der Waals surface area (Å²) in [6.45, 7) is 1.99. The molecule has 0 fully saturated rings. The molecule has 3 aromatic rings. The topological polar surface area (TPSA) is 68.0 Å². The Bertz CT molecular complexity index is 845. The highest BCUT2D eigenvalue weighted by Gasteiger charge is 2.15. The molecule has 2 aromatic heterocycles. The van der Waals surface area contributed by atoms with E-state index in [2.05, 4.69) is 47.1 Å². The van der Waals surface area contributed by atoms with E-state index in [1.807, 2.05) is 25.1 Å². The van der Waals surface area contributed by atoms with E-state index in [-0.39, 0.29) is 11.7 Å². The largest absolute Gasteiger partial charge is 0.451 e. The number of nitrogens with zero attached hydrogens (tertiary/aromatic N) is 2. The molecular weight excluding hydrogens is 402 g/mol. The van der Waals surface area contributed by atoms with Gasteiger partial charge in [-0.2, -0.15) is 0 Å². The first kappa shape index (κ1) is 14.2. The average Bonchev–Trinajstić information content (AvgIpc) is 2.85. The Morgan fingerprint density at radius 3 is 2.86 bits per heavy atom. The van der Waals surface area contributed by atoms with E-state index in [1.54, 1.807) is 6.07 Å². The molecule has 5 nitrogen and oxygen atoms in total. The molecular formula is C14H9Br2N3O2. The molecule has 3 rings (SSSR count). The zero-order valence-electron chi connectivity index (χ0n) is 10.9. The molecule has 0 saturated carbocycles. The molecule has 0 aliphatic heterocycles. The van der Waals surface area contributed by atoms with Crippen molar-refractivity contribution >= 4 is 54.6 Å². The fourth-order valence-corrected chi connectivity index (χ4v) is 2.78. The van der Waals surface area contributed by atoms with Gasteiger partial charge in [-0.3, -0.25) is 4.79 Å². The van der Waals surface area contributed by atoms with Crippen LogP contribution in [0.15, 0.2) is 44.1 Å². The summed E-state index contributed by atoms with van der Waals surface area (Å²) in [5, 5.41) is 3.55. The van der Waals surface area contributed by atoms with Gasteiger partial charge in [0.25, 0.3) is 5.91 Å². The lowest BCUT2D eigenvalue weighted by Crippen LogP contribution is -2.12. The molecule has 106 valence electrons. The molecule has 0 atom stereocenters. The minimum absolute atomic E-state index is 0.229. The first-order valence-electron chi connectivity index (χ1n) is 6.02. The number of anilines is 1. The molecule has 21 heavy (non-hydrogen) atoms.